The Kier molecular flexibility index (Phi) is 4.80. The molecule has 1 heterocycles. The summed E-state index contributed by atoms with van der Waals surface area (Å²) in [6, 6.07) is 6.93. The molecule has 4 nitrogen and oxygen atoms in total. The van der Waals surface area contributed by atoms with Gasteiger partial charge in [0.1, 0.15) is 5.75 Å². The number of carbonyl (C=O) groups is 1. The molecular weight excluding hydrogens is 240 g/mol. The van der Waals surface area contributed by atoms with Crippen LogP contribution in [0.15, 0.2) is 24.3 Å². The van der Waals surface area contributed by atoms with Gasteiger partial charge in [-0.1, -0.05) is 25.0 Å². The third-order valence-corrected chi connectivity index (χ3v) is 3.73. The molecule has 104 valence electrons. The number of nitrogens with one attached hydrogen (secondary N) is 1. The van der Waals surface area contributed by atoms with Crippen molar-refractivity contribution in [1.82, 2.24) is 10.2 Å². The predicted molar refractivity (Wildman–Crippen MR) is 74.8 cm³/mol. The Morgan fingerprint density at radius 3 is 2.79 bits per heavy atom. The maximum atomic E-state index is 12.2. The van der Waals surface area contributed by atoms with Crippen molar-refractivity contribution in [2.75, 3.05) is 13.6 Å². The van der Waals surface area contributed by atoms with E-state index in [9.17, 15) is 9.90 Å². The summed E-state index contributed by atoms with van der Waals surface area (Å²) < 4.78 is 0. The second kappa shape index (κ2) is 6.57. The zero-order chi connectivity index (χ0) is 13.7. The zero-order valence-electron chi connectivity index (χ0n) is 11.4. The maximum absolute atomic E-state index is 12.2. The number of amides is 1. The van der Waals surface area contributed by atoms with E-state index in [1.165, 1.54) is 12.8 Å². The van der Waals surface area contributed by atoms with Gasteiger partial charge in [-0.2, -0.15) is 0 Å². The van der Waals surface area contributed by atoms with Crippen LogP contribution < -0.4 is 5.32 Å². The van der Waals surface area contributed by atoms with Crippen molar-refractivity contribution >= 4 is 5.91 Å². The molecule has 1 amide bonds. The standard InChI is InChI=1S/C15H22N2O2/c1-17-10-4-2-3-5-14(17)15(19)16-11-12-6-8-13(18)9-7-12/h6-9,14,18H,2-5,10-11H2,1H3,(H,16,19). The number of hydrogen-bond acceptors (Lipinski definition) is 3. The van der Waals surface area contributed by atoms with Gasteiger partial charge in [-0.05, 0) is 44.1 Å². The molecule has 1 aliphatic rings. The van der Waals surface area contributed by atoms with Crippen molar-refractivity contribution in [2.45, 2.75) is 38.3 Å². The van der Waals surface area contributed by atoms with E-state index in [0.717, 1.165) is 24.9 Å². The van der Waals surface area contributed by atoms with Crippen LogP contribution in [0.25, 0.3) is 0 Å². The van der Waals surface area contributed by atoms with E-state index in [1.54, 1.807) is 12.1 Å². The number of likely N-dealkylation sites (N-methyl/N-ethyl adjacent to an activating group) is 1. The van der Waals surface area contributed by atoms with Crippen molar-refractivity contribution in [1.29, 1.82) is 0 Å². The minimum atomic E-state index is -0.000356. The van der Waals surface area contributed by atoms with Crippen LogP contribution in [0.1, 0.15) is 31.2 Å². The third-order valence-electron chi connectivity index (χ3n) is 3.73. The normalized spacial score (nSPS) is 20.8. The number of phenols is 1. The molecule has 0 radical (unpaired) electrons. The molecular formula is C15H22N2O2. The van der Waals surface area contributed by atoms with Gasteiger partial charge in [-0.15, -0.1) is 0 Å². The van der Waals surface area contributed by atoms with Gasteiger partial charge in [0.05, 0.1) is 6.04 Å². The van der Waals surface area contributed by atoms with Crippen LogP contribution in [0.4, 0.5) is 0 Å². The third kappa shape index (κ3) is 3.96. The van der Waals surface area contributed by atoms with Crippen LogP contribution >= 0.6 is 0 Å². The van der Waals surface area contributed by atoms with Gasteiger partial charge in [0.15, 0.2) is 0 Å². The van der Waals surface area contributed by atoms with Gasteiger partial charge in [0.25, 0.3) is 0 Å². The molecule has 1 aromatic carbocycles. The monoisotopic (exact) mass is 262 g/mol. The summed E-state index contributed by atoms with van der Waals surface area (Å²) in [4.78, 5) is 14.4. The molecule has 0 aromatic heterocycles. The molecule has 0 spiro atoms. The summed E-state index contributed by atoms with van der Waals surface area (Å²) in [6.07, 6.45) is 4.46. The van der Waals surface area contributed by atoms with Gasteiger partial charge in [-0.25, -0.2) is 0 Å². The Hall–Kier alpha value is -1.55. The number of nitrogens with zero attached hydrogens (tertiary/aromatic N) is 1. The van der Waals surface area contributed by atoms with Crippen LogP contribution in [0.3, 0.4) is 0 Å². The summed E-state index contributed by atoms with van der Waals surface area (Å²) in [5.41, 5.74) is 1.00. The second-order valence-electron chi connectivity index (χ2n) is 5.23. The summed E-state index contributed by atoms with van der Waals surface area (Å²) in [7, 11) is 2.02. The van der Waals surface area contributed by atoms with Crippen LogP contribution in [0, 0.1) is 0 Å². The number of rotatable bonds is 3. The van der Waals surface area contributed by atoms with E-state index in [2.05, 4.69) is 10.2 Å². The highest BCUT2D eigenvalue weighted by molar-refractivity contribution is 5.81. The summed E-state index contributed by atoms with van der Waals surface area (Å²) >= 11 is 0. The van der Waals surface area contributed by atoms with Crippen molar-refractivity contribution in [3.8, 4) is 5.75 Å². The van der Waals surface area contributed by atoms with Gasteiger partial charge < -0.3 is 10.4 Å². The van der Waals surface area contributed by atoms with Crippen molar-refractivity contribution < 1.29 is 9.90 Å². The number of phenolic OH excluding ortho intramolecular Hbond substituents is 1. The molecule has 19 heavy (non-hydrogen) atoms. The average Bonchev–Trinajstić information content (AvgIpc) is 2.62. The molecule has 1 aliphatic heterocycles. The van der Waals surface area contributed by atoms with Crippen molar-refractivity contribution in [2.24, 2.45) is 0 Å². The molecule has 2 rings (SSSR count). The lowest BCUT2D eigenvalue weighted by molar-refractivity contribution is -0.126. The molecule has 0 bridgehead atoms. The van der Waals surface area contributed by atoms with E-state index < -0.39 is 0 Å². The first-order valence-corrected chi connectivity index (χ1v) is 6.92. The fourth-order valence-electron chi connectivity index (χ4n) is 2.50. The fourth-order valence-corrected chi connectivity index (χ4v) is 2.50. The number of benzene rings is 1. The highest BCUT2D eigenvalue weighted by Crippen LogP contribution is 2.15. The number of aromatic hydroxyl groups is 1. The molecule has 1 unspecified atom stereocenters. The van der Waals surface area contributed by atoms with Crippen molar-refractivity contribution in [3.63, 3.8) is 0 Å². The molecule has 0 aliphatic carbocycles. The second-order valence-corrected chi connectivity index (χ2v) is 5.23. The van der Waals surface area contributed by atoms with Crippen molar-refractivity contribution in [3.05, 3.63) is 29.8 Å². The SMILES string of the molecule is CN1CCCCCC1C(=O)NCc1ccc(O)cc1. The molecule has 1 fully saturated rings. The molecule has 1 atom stereocenters. The Morgan fingerprint density at radius 1 is 1.32 bits per heavy atom. The Balaban J connectivity index is 1.87. The Bertz CT molecular complexity index is 417. The largest absolute Gasteiger partial charge is 0.508 e. The molecule has 4 heteroatoms. The lowest BCUT2D eigenvalue weighted by Crippen LogP contribution is -2.44. The Labute approximate surface area is 114 Å². The van der Waals surface area contributed by atoms with Crippen LogP contribution in [-0.4, -0.2) is 35.5 Å². The van der Waals surface area contributed by atoms with E-state index in [4.69, 9.17) is 0 Å². The van der Waals surface area contributed by atoms with E-state index >= 15 is 0 Å². The zero-order valence-corrected chi connectivity index (χ0v) is 11.4. The number of carbonyl (C=O) groups excluding carboxylic acids is 1. The van der Waals surface area contributed by atoms with E-state index in [1.807, 2.05) is 19.2 Å². The predicted octanol–water partition coefficient (Wildman–Crippen LogP) is 1.88. The molecule has 0 saturated carbocycles. The van der Waals surface area contributed by atoms with Crippen LogP contribution in [0.2, 0.25) is 0 Å². The topological polar surface area (TPSA) is 52.6 Å². The smallest absolute Gasteiger partial charge is 0.237 e. The van der Waals surface area contributed by atoms with E-state index in [0.29, 0.717) is 6.54 Å². The first-order chi connectivity index (χ1) is 9.16. The summed E-state index contributed by atoms with van der Waals surface area (Å²) in [6.45, 7) is 1.51. The fraction of sp³-hybridized carbons (Fsp3) is 0.533. The summed E-state index contributed by atoms with van der Waals surface area (Å²) in [5.74, 6) is 0.357. The lowest BCUT2D eigenvalue weighted by Gasteiger charge is -2.24. The molecule has 1 saturated heterocycles. The minimum absolute atomic E-state index is 0.000356. The van der Waals surface area contributed by atoms with E-state index in [-0.39, 0.29) is 17.7 Å². The maximum Gasteiger partial charge on any atom is 0.237 e. The number of hydrogen-bond donors (Lipinski definition) is 2. The van der Waals surface area contributed by atoms with Gasteiger partial charge in [0.2, 0.25) is 5.91 Å². The van der Waals surface area contributed by atoms with Gasteiger partial charge in [0, 0.05) is 6.54 Å². The van der Waals surface area contributed by atoms with Gasteiger partial charge >= 0.3 is 0 Å². The first-order valence-electron chi connectivity index (χ1n) is 6.92. The quantitative estimate of drug-likeness (QED) is 0.874. The minimum Gasteiger partial charge on any atom is -0.508 e. The van der Waals surface area contributed by atoms with Crippen LogP contribution in [-0.2, 0) is 11.3 Å². The highest BCUT2D eigenvalue weighted by atomic mass is 16.3. The Morgan fingerprint density at radius 2 is 2.05 bits per heavy atom. The number of likely N-dealkylation sites (tertiary alicyclic amines) is 1. The van der Waals surface area contributed by atoms with Crippen LogP contribution in [0.5, 0.6) is 5.75 Å². The molecule has 1 aromatic rings. The highest BCUT2D eigenvalue weighted by Gasteiger charge is 2.24. The lowest BCUT2D eigenvalue weighted by atomic mass is 10.1. The first kappa shape index (κ1) is 13.9. The summed E-state index contributed by atoms with van der Waals surface area (Å²) in [5, 5.41) is 12.2. The average molecular weight is 262 g/mol. The van der Waals surface area contributed by atoms with Gasteiger partial charge in [-0.3, -0.25) is 9.69 Å². The molecule has 2 N–H and O–H groups in total.